The van der Waals surface area contributed by atoms with Crippen molar-refractivity contribution in [3.8, 4) is 0 Å². The number of hydrogen-bond donors (Lipinski definition) is 1. The summed E-state index contributed by atoms with van der Waals surface area (Å²) in [4.78, 5) is 13.4. The van der Waals surface area contributed by atoms with Gasteiger partial charge in [-0.15, -0.1) is 12.4 Å². The molecule has 0 aliphatic carbocycles. The summed E-state index contributed by atoms with van der Waals surface area (Å²) < 4.78 is 77.9. The van der Waals surface area contributed by atoms with Crippen LogP contribution in [0.2, 0.25) is 0 Å². The molecule has 2 aliphatic rings. The van der Waals surface area contributed by atoms with Gasteiger partial charge >= 0.3 is 12.4 Å². The van der Waals surface area contributed by atoms with E-state index in [0.29, 0.717) is 12.6 Å². The van der Waals surface area contributed by atoms with Crippen molar-refractivity contribution in [1.82, 2.24) is 10.2 Å². The predicted molar refractivity (Wildman–Crippen MR) is 70.3 cm³/mol. The first kappa shape index (κ1) is 17.9. The molecule has 1 fully saturated rings. The van der Waals surface area contributed by atoms with E-state index in [4.69, 9.17) is 0 Å². The van der Waals surface area contributed by atoms with Crippen molar-refractivity contribution in [3.63, 3.8) is 0 Å². The van der Waals surface area contributed by atoms with Crippen LogP contribution in [-0.4, -0.2) is 30.4 Å². The summed E-state index contributed by atoms with van der Waals surface area (Å²) in [5, 5.41) is 2.88. The van der Waals surface area contributed by atoms with Gasteiger partial charge in [0.25, 0.3) is 5.91 Å². The smallest absolute Gasteiger partial charge is 0.329 e. The number of nitrogens with one attached hydrogen (secondary N) is 1. The zero-order chi connectivity index (χ0) is 16.3. The zero-order valence-electron chi connectivity index (χ0n) is 11.4. The molecule has 0 saturated carbocycles. The number of carbonyl (C=O) groups excluding carboxylic acids is 1. The second-order valence-corrected chi connectivity index (χ2v) is 5.20. The van der Waals surface area contributed by atoms with Crippen molar-refractivity contribution < 1.29 is 31.1 Å². The van der Waals surface area contributed by atoms with E-state index in [9.17, 15) is 31.1 Å². The second kappa shape index (κ2) is 5.55. The molecule has 0 aromatic heterocycles. The van der Waals surface area contributed by atoms with Crippen LogP contribution in [0.1, 0.15) is 33.1 Å². The summed E-state index contributed by atoms with van der Waals surface area (Å²) in [6.07, 6.45) is -9.93. The molecule has 1 amide bonds. The van der Waals surface area contributed by atoms with Gasteiger partial charge in [-0.05, 0) is 17.7 Å². The highest BCUT2D eigenvalue weighted by Crippen LogP contribution is 2.45. The number of fused-ring (bicyclic) bond motifs is 3. The van der Waals surface area contributed by atoms with Crippen LogP contribution in [0, 0.1) is 0 Å². The van der Waals surface area contributed by atoms with Crippen molar-refractivity contribution >= 4 is 18.3 Å². The number of nitrogens with zero attached hydrogens (tertiary/aromatic N) is 1. The first-order valence-electron chi connectivity index (χ1n) is 6.44. The SMILES string of the molecule is Cl.O=C1c2c(cc(C(F)(F)F)cc2C(F)(F)F)[C@@H]2CNCCN12. The molecular weight excluding hydrogens is 350 g/mol. The van der Waals surface area contributed by atoms with Gasteiger partial charge in [0.1, 0.15) is 0 Å². The van der Waals surface area contributed by atoms with Crippen LogP contribution in [0.3, 0.4) is 0 Å². The second-order valence-electron chi connectivity index (χ2n) is 5.20. The quantitative estimate of drug-likeness (QED) is 0.720. The fourth-order valence-corrected chi connectivity index (χ4v) is 2.92. The molecule has 128 valence electrons. The van der Waals surface area contributed by atoms with E-state index in [1.807, 2.05) is 0 Å². The van der Waals surface area contributed by atoms with Gasteiger partial charge in [-0.25, -0.2) is 0 Å². The molecule has 1 saturated heterocycles. The van der Waals surface area contributed by atoms with Crippen LogP contribution in [0.5, 0.6) is 0 Å². The molecule has 1 N–H and O–H groups in total. The maximum absolute atomic E-state index is 13.1. The fraction of sp³-hybridized carbons (Fsp3) is 0.462. The van der Waals surface area contributed by atoms with Crippen molar-refractivity contribution in [1.29, 1.82) is 0 Å². The monoisotopic (exact) mass is 360 g/mol. The van der Waals surface area contributed by atoms with E-state index in [1.165, 1.54) is 4.90 Å². The summed E-state index contributed by atoms with van der Waals surface area (Å²) >= 11 is 0. The lowest BCUT2D eigenvalue weighted by Crippen LogP contribution is -2.44. The highest BCUT2D eigenvalue weighted by atomic mass is 35.5. The van der Waals surface area contributed by atoms with Crippen molar-refractivity contribution in [2.75, 3.05) is 19.6 Å². The highest BCUT2D eigenvalue weighted by molar-refractivity contribution is 6.01. The topological polar surface area (TPSA) is 32.3 Å². The van der Waals surface area contributed by atoms with Crippen LogP contribution in [0.4, 0.5) is 26.3 Å². The molecular formula is C13H11ClF6N2O. The van der Waals surface area contributed by atoms with E-state index in [0.717, 1.165) is 0 Å². The summed E-state index contributed by atoms with van der Waals surface area (Å²) in [6.45, 7) is 0.692. The number of halogens is 7. The molecule has 1 aromatic carbocycles. The molecule has 0 bridgehead atoms. The third-order valence-corrected chi connectivity index (χ3v) is 3.88. The third kappa shape index (κ3) is 2.87. The van der Waals surface area contributed by atoms with E-state index in [2.05, 4.69) is 5.32 Å². The van der Waals surface area contributed by atoms with E-state index >= 15 is 0 Å². The molecule has 0 spiro atoms. The number of carbonyl (C=O) groups is 1. The fourth-order valence-electron chi connectivity index (χ4n) is 2.92. The molecule has 0 radical (unpaired) electrons. The van der Waals surface area contributed by atoms with Crippen molar-refractivity contribution in [2.45, 2.75) is 18.4 Å². The van der Waals surface area contributed by atoms with Gasteiger partial charge in [-0.2, -0.15) is 26.3 Å². The first-order chi connectivity index (χ1) is 10.1. The van der Waals surface area contributed by atoms with Gasteiger partial charge < -0.3 is 10.2 Å². The highest BCUT2D eigenvalue weighted by Gasteiger charge is 2.47. The van der Waals surface area contributed by atoms with Crippen LogP contribution < -0.4 is 5.32 Å². The minimum Gasteiger partial charge on any atom is -0.329 e. The van der Waals surface area contributed by atoms with Gasteiger partial charge in [-0.1, -0.05) is 0 Å². The Bertz CT molecular complexity index is 643. The average Bonchev–Trinajstić information content (AvgIpc) is 2.70. The van der Waals surface area contributed by atoms with Crippen LogP contribution >= 0.6 is 12.4 Å². The number of hydrogen-bond acceptors (Lipinski definition) is 2. The summed E-state index contributed by atoms with van der Waals surface area (Å²) in [7, 11) is 0. The average molecular weight is 361 g/mol. The van der Waals surface area contributed by atoms with Crippen molar-refractivity contribution in [3.05, 3.63) is 34.4 Å². The van der Waals surface area contributed by atoms with Crippen molar-refractivity contribution in [2.24, 2.45) is 0 Å². The number of benzene rings is 1. The summed E-state index contributed by atoms with van der Waals surface area (Å²) in [6, 6.07) is -0.123. The minimum absolute atomic E-state index is 0. The molecule has 3 nitrogen and oxygen atoms in total. The zero-order valence-corrected chi connectivity index (χ0v) is 12.2. The predicted octanol–water partition coefficient (Wildman–Crippen LogP) is 3.25. The summed E-state index contributed by atoms with van der Waals surface area (Å²) in [5.74, 6) is -0.859. The molecule has 10 heteroatoms. The van der Waals surface area contributed by atoms with E-state index < -0.39 is 41.0 Å². The maximum Gasteiger partial charge on any atom is 0.417 e. The molecule has 23 heavy (non-hydrogen) atoms. The Morgan fingerprint density at radius 2 is 1.74 bits per heavy atom. The normalized spacial score (nSPS) is 20.9. The van der Waals surface area contributed by atoms with Gasteiger partial charge in [0.15, 0.2) is 0 Å². The molecule has 2 heterocycles. The Balaban J connectivity index is 0.00000192. The lowest BCUT2D eigenvalue weighted by Gasteiger charge is -2.30. The van der Waals surface area contributed by atoms with E-state index in [-0.39, 0.29) is 37.1 Å². The van der Waals surface area contributed by atoms with Gasteiger partial charge in [0.2, 0.25) is 0 Å². The molecule has 0 unspecified atom stereocenters. The Morgan fingerprint density at radius 1 is 1.09 bits per heavy atom. The number of alkyl halides is 6. The van der Waals surface area contributed by atoms with Gasteiger partial charge in [0, 0.05) is 19.6 Å². The number of piperazine rings is 1. The Hall–Kier alpha value is -1.48. The Morgan fingerprint density at radius 3 is 2.30 bits per heavy atom. The number of rotatable bonds is 0. The lowest BCUT2D eigenvalue weighted by molar-refractivity contribution is -0.143. The molecule has 1 aromatic rings. The van der Waals surface area contributed by atoms with Crippen LogP contribution in [0.25, 0.3) is 0 Å². The maximum atomic E-state index is 13.1. The Kier molecular flexibility index (Phi) is 4.31. The molecule has 1 atom stereocenters. The van der Waals surface area contributed by atoms with Crippen LogP contribution in [-0.2, 0) is 12.4 Å². The summed E-state index contributed by atoms with van der Waals surface area (Å²) in [5.41, 5.74) is -3.77. The largest absolute Gasteiger partial charge is 0.417 e. The standard InChI is InChI=1S/C13H10F6N2O.ClH/c14-12(15,16)6-3-7-9-5-20-1-2-21(9)11(22)10(7)8(4-6)13(17,18)19;/h3-4,9,20H,1-2,5H2;1H/t9-;/m0./s1. The van der Waals surface area contributed by atoms with Crippen LogP contribution in [0.15, 0.2) is 12.1 Å². The van der Waals surface area contributed by atoms with E-state index in [1.54, 1.807) is 0 Å². The number of amides is 1. The van der Waals surface area contributed by atoms with Gasteiger partial charge in [-0.3, -0.25) is 4.79 Å². The first-order valence-corrected chi connectivity index (χ1v) is 6.44. The third-order valence-electron chi connectivity index (χ3n) is 3.88. The molecule has 3 rings (SSSR count). The minimum atomic E-state index is -5.02. The Labute approximate surface area is 133 Å². The van der Waals surface area contributed by atoms with Gasteiger partial charge in [0.05, 0.1) is 22.7 Å². The molecule has 2 aliphatic heterocycles. The lowest BCUT2D eigenvalue weighted by atomic mass is 9.95.